The molecule has 0 spiro atoms. The van der Waals surface area contributed by atoms with Crippen molar-refractivity contribution in [1.29, 1.82) is 5.41 Å². The molecule has 2 saturated heterocycles. The number of amides is 1. The van der Waals surface area contributed by atoms with Crippen LogP contribution in [0.2, 0.25) is 0 Å². The molecule has 6 nitrogen and oxygen atoms in total. The number of β-amino-alcohol motifs (C(OH)–C–C–N with tert-alkyl or cyclic N) is 1. The summed E-state index contributed by atoms with van der Waals surface area (Å²) in [6.07, 6.45) is 14.3. The molecule has 164 valence electrons. The molecule has 4 rings (SSSR count). The molecule has 4 fully saturated rings. The van der Waals surface area contributed by atoms with Crippen molar-refractivity contribution in [3.63, 3.8) is 0 Å². The fourth-order valence-electron chi connectivity index (χ4n) is 6.31. The van der Waals surface area contributed by atoms with E-state index in [2.05, 4.69) is 9.80 Å². The highest BCUT2D eigenvalue weighted by molar-refractivity contribution is 6.04. The van der Waals surface area contributed by atoms with Gasteiger partial charge in [0.05, 0.1) is 6.10 Å². The molecular formula is C23H40N4O2. The van der Waals surface area contributed by atoms with Gasteiger partial charge in [0.1, 0.15) is 6.04 Å². The number of guanidine groups is 1. The van der Waals surface area contributed by atoms with Crippen LogP contribution in [0.25, 0.3) is 0 Å². The molecule has 4 aliphatic rings. The Bertz CT molecular complexity index is 591. The van der Waals surface area contributed by atoms with Crippen LogP contribution in [0.4, 0.5) is 0 Å². The molecule has 0 aromatic heterocycles. The van der Waals surface area contributed by atoms with E-state index in [1.54, 1.807) is 11.9 Å². The van der Waals surface area contributed by atoms with Gasteiger partial charge in [0, 0.05) is 32.7 Å². The molecule has 0 radical (unpaired) electrons. The maximum absolute atomic E-state index is 12.9. The summed E-state index contributed by atoms with van der Waals surface area (Å²) in [5.74, 6) is 1.86. The zero-order chi connectivity index (χ0) is 20.4. The highest BCUT2D eigenvalue weighted by atomic mass is 16.3. The Labute approximate surface area is 176 Å². The Morgan fingerprint density at radius 3 is 2.52 bits per heavy atom. The van der Waals surface area contributed by atoms with Crippen LogP contribution in [-0.2, 0) is 4.79 Å². The topological polar surface area (TPSA) is 70.9 Å². The Kier molecular flexibility index (Phi) is 6.80. The van der Waals surface area contributed by atoms with Gasteiger partial charge in [0.25, 0.3) is 5.91 Å². The van der Waals surface area contributed by atoms with E-state index in [9.17, 15) is 9.90 Å². The first-order chi connectivity index (χ1) is 14.0. The molecule has 6 heteroatoms. The number of carbonyl (C=O) groups excluding carboxylic acids is 1. The number of likely N-dealkylation sites (tertiary alicyclic amines) is 1. The van der Waals surface area contributed by atoms with Crippen molar-refractivity contribution in [2.24, 2.45) is 11.8 Å². The zero-order valence-corrected chi connectivity index (χ0v) is 18.2. The van der Waals surface area contributed by atoms with E-state index >= 15 is 0 Å². The largest absolute Gasteiger partial charge is 0.392 e. The number of hydrogen-bond acceptors (Lipinski definition) is 4. The lowest BCUT2D eigenvalue weighted by molar-refractivity contribution is -0.127. The van der Waals surface area contributed by atoms with Gasteiger partial charge >= 0.3 is 0 Å². The third kappa shape index (κ3) is 4.79. The van der Waals surface area contributed by atoms with Crippen LogP contribution in [0.15, 0.2) is 0 Å². The molecule has 2 aliphatic heterocycles. The number of hydrogen-bond donors (Lipinski definition) is 2. The number of aliphatic hydroxyl groups excluding tert-OH is 1. The SMILES string of the molecule is CN1C(=N)N(CCC2CCCCC2)[C@H](C[C@@H]2CCC[C@H](N3CC[C@@H](O)C3)C2)C1=O. The van der Waals surface area contributed by atoms with Gasteiger partial charge in [-0.3, -0.25) is 20.0 Å². The van der Waals surface area contributed by atoms with Crippen LogP contribution < -0.4 is 0 Å². The van der Waals surface area contributed by atoms with Crippen molar-refractivity contribution in [2.45, 2.75) is 95.2 Å². The standard InChI is InChI=1S/C23H40N4O2/c1-25-22(29)21(27(23(25)24)13-10-17-6-3-2-4-7-17)15-18-8-5-9-19(14-18)26-12-11-20(28)16-26/h17-21,24,28H,2-16H2,1H3/t18-,19+,20-,21-/m1/s1. The highest BCUT2D eigenvalue weighted by Crippen LogP contribution is 2.35. The molecule has 2 aliphatic carbocycles. The number of carbonyl (C=O) groups is 1. The van der Waals surface area contributed by atoms with Crippen LogP contribution in [0.1, 0.15) is 77.0 Å². The van der Waals surface area contributed by atoms with Gasteiger partial charge in [-0.2, -0.15) is 0 Å². The number of nitrogens with zero attached hydrogens (tertiary/aromatic N) is 3. The molecule has 2 heterocycles. The predicted molar refractivity (Wildman–Crippen MR) is 115 cm³/mol. The minimum Gasteiger partial charge on any atom is -0.392 e. The summed E-state index contributed by atoms with van der Waals surface area (Å²) in [4.78, 5) is 19.1. The van der Waals surface area contributed by atoms with Crippen LogP contribution in [-0.4, -0.2) is 76.5 Å². The number of nitrogens with one attached hydrogen (secondary N) is 1. The van der Waals surface area contributed by atoms with Crippen molar-refractivity contribution in [2.75, 3.05) is 26.7 Å². The quantitative estimate of drug-likeness (QED) is 0.714. The number of aliphatic hydroxyl groups is 1. The first-order valence-corrected chi connectivity index (χ1v) is 12.1. The van der Waals surface area contributed by atoms with Gasteiger partial charge in [-0.25, -0.2) is 0 Å². The summed E-state index contributed by atoms with van der Waals surface area (Å²) in [5, 5.41) is 18.4. The maximum atomic E-state index is 12.9. The minimum atomic E-state index is -0.156. The highest BCUT2D eigenvalue weighted by Gasteiger charge is 2.42. The second kappa shape index (κ2) is 9.34. The lowest BCUT2D eigenvalue weighted by atomic mass is 9.81. The smallest absolute Gasteiger partial charge is 0.251 e. The van der Waals surface area contributed by atoms with E-state index < -0.39 is 0 Å². The monoisotopic (exact) mass is 404 g/mol. The van der Waals surface area contributed by atoms with Crippen molar-refractivity contribution < 1.29 is 9.90 Å². The van der Waals surface area contributed by atoms with Crippen molar-refractivity contribution in [1.82, 2.24) is 14.7 Å². The van der Waals surface area contributed by atoms with Gasteiger partial charge in [-0.05, 0) is 43.9 Å². The van der Waals surface area contributed by atoms with E-state index in [0.717, 1.165) is 51.2 Å². The number of rotatable bonds is 6. The van der Waals surface area contributed by atoms with Gasteiger partial charge in [0.2, 0.25) is 5.96 Å². The molecule has 4 atom stereocenters. The molecule has 0 aromatic rings. The Hall–Kier alpha value is -1.14. The van der Waals surface area contributed by atoms with E-state index in [1.165, 1.54) is 51.4 Å². The van der Waals surface area contributed by atoms with Crippen LogP contribution in [0, 0.1) is 17.2 Å². The van der Waals surface area contributed by atoms with Crippen LogP contribution in [0.3, 0.4) is 0 Å². The van der Waals surface area contributed by atoms with Crippen molar-refractivity contribution in [3.05, 3.63) is 0 Å². The van der Waals surface area contributed by atoms with E-state index in [1.807, 2.05) is 0 Å². The minimum absolute atomic E-state index is 0.123. The Morgan fingerprint density at radius 1 is 1.03 bits per heavy atom. The molecule has 0 bridgehead atoms. The second-order valence-electron chi connectivity index (χ2n) is 10.1. The molecule has 2 N–H and O–H groups in total. The molecule has 0 unspecified atom stereocenters. The maximum Gasteiger partial charge on any atom is 0.251 e. The summed E-state index contributed by atoms with van der Waals surface area (Å²) in [6.45, 7) is 2.70. The fourth-order valence-corrected chi connectivity index (χ4v) is 6.31. The first-order valence-electron chi connectivity index (χ1n) is 12.1. The molecule has 29 heavy (non-hydrogen) atoms. The van der Waals surface area contributed by atoms with Crippen LogP contribution in [0.5, 0.6) is 0 Å². The van der Waals surface area contributed by atoms with Crippen molar-refractivity contribution >= 4 is 11.9 Å². The molecule has 2 saturated carbocycles. The van der Waals surface area contributed by atoms with E-state index in [0.29, 0.717) is 17.9 Å². The van der Waals surface area contributed by atoms with Crippen LogP contribution >= 0.6 is 0 Å². The summed E-state index contributed by atoms with van der Waals surface area (Å²) < 4.78 is 0. The normalized spacial score (nSPS) is 35.1. The second-order valence-corrected chi connectivity index (χ2v) is 10.1. The van der Waals surface area contributed by atoms with E-state index in [4.69, 9.17) is 5.41 Å². The fraction of sp³-hybridized carbons (Fsp3) is 0.913. The van der Waals surface area contributed by atoms with Gasteiger partial charge in [-0.1, -0.05) is 44.9 Å². The lowest BCUT2D eigenvalue weighted by Gasteiger charge is -2.37. The average molecular weight is 405 g/mol. The Morgan fingerprint density at radius 2 is 1.79 bits per heavy atom. The van der Waals surface area contributed by atoms with Gasteiger partial charge in [0.15, 0.2) is 0 Å². The predicted octanol–water partition coefficient (Wildman–Crippen LogP) is 3.05. The molecule has 0 aromatic carbocycles. The summed E-state index contributed by atoms with van der Waals surface area (Å²) in [7, 11) is 1.77. The molecule has 1 amide bonds. The summed E-state index contributed by atoms with van der Waals surface area (Å²) in [5.41, 5.74) is 0. The summed E-state index contributed by atoms with van der Waals surface area (Å²) >= 11 is 0. The van der Waals surface area contributed by atoms with Crippen molar-refractivity contribution in [3.8, 4) is 0 Å². The number of likely N-dealkylation sites (N-methyl/N-ethyl adjacent to an activating group) is 1. The van der Waals surface area contributed by atoms with Gasteiger partial charge in [-0.15, -0.1) is 0 Å². The third-order valence-electron chi connectivity index (χ3n) is 8.11. The first kappa shape index (κ1) is 21.1. The molecular weight excluding hydrogens is 364 g/mol. The van der Waals surface area contributed by atoms with Gasteiger partial charge < -0.3 is 10.0 Å². The van der Waals surface area contributed by atoms with E-state index in [-0.39, 0.29) is 18.1 Å². The zero-order valence-electron chi connectivity index (χ0n) is 18.2. The lowest BCUT2D eigenvalue weighted by Crippen LogP contribution is -2.41. The third-order valence-corrected chi connectivity index (χ3v) is 8.11. The summed E-state index contributed by atoms with van der Waals surface area (Å²) in [6, 6.07) is 0.430. The average Bonchev–Trinajstić information content (AvgIpc) is 3.26. The Balaban J connectivity index is 1.35.